The van der Waals surface area contributed by atoms with Crippen LogP contribution in [0.4, 0.5) is 0 Å². The SMILES string of the molecule is CC(=O)c1ccc(O)c(CN2CCCC(O)C2)c1. The fraction of sp³-hybridized carbons (Fsp3) is 0.500. The standard InChI is InChI=1S/C14H19NO3/c1-10(16)11-4-5-14(18)12(7-11)8-15-6-2-3-13(17)9-15/h4-5,7,13,17-18H,2-3,6,8-9H2,1H3. The maximum atomic E-state index is 11.3. The van der Waals surface area contributed by atoms with Crippen molar-refractivity contribution in [3.05, 3.63) is 29.3 Å². The van der Waals surface area contributed by atoms with Crippen LogP contribution in [0.2, 0.25) is 0 Å². The predicted octanol–water partition coefficient (Wildman–Crippen LogP) is 1.55. The quantitative estimate of drug-likeness (QED) is 0.798. The number of piperidine rings is 1. The van der Waals surface area contributed by atoms with Crippen LogP contribution in [-0.4, -0.2) is 40.1 Å². The van der Waals surface area contributed by atoms with E-state index >= 15 is 0 Å². The molecule has 1 fully saturated rings. The van der Waals surface area contributed by atoms with Gasteiger partial charge in [0.2, 0.25) is 0 Å². The van der Waals surface area contributed by atoms with Crippen LogP contribution >= 0.6 is 0 Å². The van der Waals surface area contributed by atoms with Crippen molar-refractivity contribution in [1.82, 2.24) is 4.90 Å². The molecule has 2 rings (SSSR count). The zero-order chi connectivity index (χ0) is 13.1. The highest BCUT2D eigenvalue weighted by Gasteiger charge is 2.19. The molecule has 0 aliphatic carbocycles. The molecule has 1 aromatic rings. The molecule has 0 amide bonds. The van der Waals surface area contributed by atoms with Gasteiger partial charge in [0.1, 0.15) is 5.75 Å². The minimum absolute atomic E-state index is 0.00470. The zero-order valence-electron chi connectivity index (χ0n) is 10.6. The van der Waals surface area contributed by atoms with Gasteiger partial charge in [-0.3, -0.25) is 9.69 Å². The summed E-state index contributed by atoms with van der Waals surface area (Å²) in [5.74, 6) is 0.204. The van der Waals surface area contributed by atoms with Crippen molar-refractivity contribution in [2.75, 3.05) is 13.1 Å². The summed E-state index contributed by atoms with van der Waals surface area (Å²) in [4.78, 5) is 13.4. The number of hydrogen-bond acceptors (Lipinski definition) is 4. The van der Waals surface area contributed by atoms with Gasteiger partial charge in [-0.1, -0.05) is 0 Å². The minimum Gasteiger partial charge on any atom is -0.508 e. The highest BCUT2D eigenvalue weighted by molar-refractivity contribution is 5.94. The van der Waals surface area contributed by atoms with Gasteiger partial charge >= 0.3 is 0 Å². The van der Waals surface area contributed by atoms with Crippen molar-refractivity contribution >= 4 is 5.78 Å². The van der Waals surface area contributed by atoms with E-state index in [0.29, 0.717) is 18.7 Å². The molecule has 98 valence electrons. The molecule has 0 radical (unpaired) electrons. The van der Waals surface area contributed by atoms with E-state index in [4.69, 9.17) is 0 Å². The molecule has 1 aliphatic rings. The van der Waals surface area contributed by atoms with Crippen molar-refractivity contribution in [3.8, 4) is 5.75 Å². The van der Waals surface area contributed by atoms with Crippen LogP contribution in [-0.2, 0) is 6.54 Å². The van der Waals surface area contributed by atoms with Gasteiger partial charge in [0, 0.05) is 24.2 Å². The van der Waals surface area contributed by atoms with Gasteiger partial charge in [-0.2, -0.15) is 0 Å². The third-order valence-electron chi connectivity index (χ3n) is 3.36. The number of benzene rings is 1. The van der Waals surface area contributed by atoms with E-state index in [1.165, 1.54) is 6.92 Å². The monoisotopic (exact) mass is 249 g/mol. The molecule has 1 saturated heterocycles. The number of aliphatic hydroxyl groups is 1. The van der Waals surface area contributed by atoms with Gasteiger partial charge in [-0.25, -0.2) is 0 Å². The van der Waals surface area contributed by atoms with Crippen LogP contribution in [0.25, 0.3) is 0 Å². The van der Waals surface area contributed by atoms with Gasteiger partial charge in [-0.05, 0) is 44.5 Å². The van der Waals surface area contributed by atoms with Gasteiger partial charge in [0.15, 0.2) is 5.78 Å². The first-order chi connectivity index (χ1) is 8.56. The van der Waals surface area contributed by atoms with Crippen LogP contribution in [0.15, 0.2) is 18.2 Å². The largest absolute Gasteiger partial charge is 0.508 e. The molecule has 1 aromatic carbocycles. The number of hydrogen-bond donors (Lipinski definition) is 2. The van der Waals surface area contributed by atoms with Crippen molar-refractivity contribution < 1.29 is 15.0 Å². The van der Waals surface area contributed by atoms with Crippen molar-refractivity contribution in [2.24, 2.45) is 0 Å². The highest BCUT2D eigenvalue weighted by Crippen LogP contribution is 2.22. The summed E-state index contributed by atoms with van der Waals surface area (Å²) in [5, 5.41) is 19.4. The lowest BCUT2D eigenvalue weighted by Gasteiger charge is -2.30. The van der Waals surface area contributed by atoms with Crippen LogP contribution in [0.3, 0.4) is 0 Å². The van der Waals surface area contributed by atoms with Gasteiger partial charge in [-0.15, -0.1) is 0 Å². The smallest absolute Gasteiger partial charge is 0.159 e. The number of ketones is 1. The third kappa shape index (κ3) is 3.09. The fourth-order valence-electron chi connectivity index (χ4n) is 2.35. The van der Waals surface area contributed by atoms with Crippen molar-refractivity contribution in [1.29, 1.82) is 0 Å². The first-order valence-electron chi connectivity index (χ1n) is 6.29. The molecule has 4 heteroatoms. The number of rotatable bonds is 3. The van der Waals surface area contributed by atoms with E-state index in [1.54, 1.807) is 18.2 Å². The second kappa shape index (κ2) is 5.50. The van der Waals surface area contributed by atoms with Crippen LogP contribution in [0.1, 0.15) is 35.7 Å². The molecule has 1 aliphatic heterocycles. The first kappa shape index (κ1) is 13.1. The molecule has 1 heterocycles. The Morgan fingerprint density at radius 1 is 1.50 bits per heavy atom. The zero-order valence-corrected chi connectivity index (χ0v) is 10.6. The minimum atomic E-state index is -0.281. The lowest BCUT2D eigenvalue weighted by Crippen LogP contribution is -2.37. The van der Waals surface area contributed by atoms with Crippen LogP contribution in [0.5, 0.6) is 5.75 Å². The number of β-amino-alcohol motifs (C(OH)–C–C–N with tert-alkyl or cyclic N) is 1. The van der Waals surface area contributed by atoms with E-state index in [9.17, 15) is 15.0 Å². The van der Waals surface area contributed by atoms with Crippen LogP contribution < -0.4 is 0 Å². The Morgan fingerprint density at radius 3 is 2.94 bits per heavy atom. The molecule has 4 nitrogen and oxygen atoms in total. The summed E-state index contributed by atoms with van der Waals surface area (Å²) in [7, 11) is 0. The summed E-state index contributed by atoms with van der Waals surface area (Å²) < 4.78 is 0. The van der Waals surface area contributed by atoms with Gasteiger partial charge in [0.25, 0.3) is 0 Å². The van der Waals surface area contributed by atoms with Gasteiger partial charge < -0.3 is 10.2 Å². The molecule has 0 spiro atoms. The number of phenolic OH excluding ortho intramolecular Hbond substituents is 1. The Kier molecular flexibility index (Phi) is 3.99. The van der Waals surface area contributed by atoms with E-state index < -0.39 is 0 Å². The molecule has 2 N–H and O–H groups in total. The third-order valence-corrected chi connectivity index (χ3v) is 3.36. The summed E-state index contributed by atoms with van der Waals surface area (Å²) in [5.41, 5.74) is 1.36. The Bertz CT molecular complexity index is 445. The maximum Gasteiger partial charge on any atom is 0.159 e. The molecule has 0 bridgehead atoms. The molecule has 0 saturated carbocycles. The molecular weight excluding hydrogens is 230 g/mol. The van der Waals surface area contributed by atoms with Crippen LogP contribution in [0, 0.1) is 0 Å². The number of phenols is 1. The number of aliphatic hydroxyl groups excluding tert-OH is 1. The summed E-state index contributed by atoms with van der Waals surface area (Å²) in [6.45, 7) is 3.63. The number of aromatic hydroxyl groups is 1. The second-order valence-corrected chi connectivity index (χ2v) is 4.93. The number of carbonyl (C=O) groups is 1. The molecule has 18 heavy (non-hydrogen) atoms. The first-order valence-corrected chi connectivity index (χ1v) is 6.29. The Morgan fingerprint density at radius 2 is 2.28 bits per heavy atom. The Hall–Kier alpha value is -1.39. The number of Topliss-reactive ketones (excluding diaryl/α,β-unsaturated/α-hetero) is 1. The summed E-state index contributed by atoms with van der Waals surface area (Å²) >= 11 is 0. The Balaban J connectivity index is 2.12. The Labute approximate surface area is 107 Å². The average molecular weight is 249 g/mol. The summed E-state index contributed by atoms with van der Waals surface area (Å²) in [6.07, 6.45) is 1.53. The molecular formula is C14H19NO3. The lowest BCUT2D eigenvalue weighted by molar-refractivity contribution is 0.0664. The van der Waals surface area contributed by atoms with Gasteiger partial charge in [0.05, 0.1) is 6.10 Å². The predicted molar refractivity (Wildman–Crippen MR) is 68.6 cm³/mol. The molecule has 1 unspecified atom stereocenters. The number of nitrogens with zero attached hydrogens (tertiary/aromatic N) is 1. The van der Waals surface area contributed by atoms with Crippen molar-refractivity contribution in [3.63, 3.8) is 0 Å². The number of likely N-dealkylation sites (tertiary alicyclic amines) is 1. The highest BCUT2D eigenvalue weighted by atomic mass is 16.3. The van der Waals surface area contributed by atoms with E-state index in [2.05, 4.69) is 4.90 Å². The van der Waals surface area contributed by atoms with E-state index in [0.717, 1.165) is 24.9 Å². The second-order valence-electron chi connectivity index (χ2n) is 4.93. The van der Waals surface area contributed by atoms with Crippen molar-refractivity contribution in [2.45, 2.75) is 32.4 Å². The fourth-order valence-corrected chi connectivity index (χ4v) is 2.35. The topological polar surface area (TPSA) is 60.8 Å². The average Bonchev–Trinajstić information content (AvgIpc) is 2.31. The van der Waals surface area contributed by atoms with E-state index in [-0.39, 0.29) is 17.6 Å². The van der Waals surface area contributed by atoms with E-state index in [1.807, 2.05) is 0 Å². The lowest BCUT2D eigenvalue weighted by atomic mass is 10.0. The summed E-state index contributed by atoms with van der Waals surface area (Å²) in [6, 6.07) is 4.93. The maximum absolute atomic E-state index is 11.3. The molecule has 1 atom stereocenters. The molecule has 0 aromatic heterocycles. The normalized spacial score (nSPS) is 20.9. The number of carbonyl (C=O) groups excluding carboxylic acids is 1.